The molecule has 2 rings (SSSR count). The summed E-state index contributed by atoms with van der Waals surface area (Å²) in [6.07, 6.45) is 12.6. The van der Waals surface area contributed by atoms with Crippen molar-refractivity contribution in [2.24, 2.45) is 29.5 Å². The number of fused-ring (bicyclic) bond motifs is 2. The van der Waals surface area contributed by atoms with E-state index in [1.165, 1.54) is 57.8 Å². The zero-order valence-corrected chi connectivity index (χ0v) is 12.3. The second-order valence-corrected chi connectivity index (χ2v) is 6.76. The normalized spacial score (nSPS) is 33.8. The second kappa shape index (κ2) is 6.91. The molecule has 2 aliphatic rings. The molecule has 5 unspecified atom stereocenters. The van der Waals surface area contributed by atoms with Gasteiger partial charge in [-0.1, -0.05) is 46.0 Å². The Labute approximate surface area is 113 Å². The van der Waals surface area contributed by atoms with Gasteiger partial charge < -0.3 is 0 Å². The summed E-state index contributed by atoms with van der Waals surface area (Å²) in [4.78, 5) is 0. The van der Waals surface area contributed by atoms with E-state index in [2.05, 4.69) is 19.3 Å². The quantitative estimate of drug-likeness (QED) is 0.508. The first-order valence-corrected chi connectivity index (χ1v) is 8.24. The molecule has 18 heavy (non-hydrogen) atoms. The van der Waals surface area contributed by atoms with E-state index in [0.717, 1.165) is 23.7 Å². The van der Waals surface area contributed by atoms with Gasteiger partial charge in [-0.15, -0.1) is 0 Å². The summed E-state index contributed by atoms with van der Waals surface area (Å²) in [7, 11) is 0. The number of unbranched alkanes of at least 4 members (excludes halogenated alkanes) is 1. The molecule has 2 saturated carbocycles. The van der Waals surface area contributed by atoms with Gasteiger partial charge in [0, 0.05) is 6.04 Å². The molecular formula is C16H32N2. The minimum atomic E-state index is 0.585. The Kier molecular flexibility index (Phi) is 5.50. The minimum absolute atomic E-state index is 0.585. The zero-order chi connectivity index (χ0) is 13.0. The van der Waals surface area contributed by atoms with Crippen molar-refractivity contribution >= 4 is 0 Å². The van der Waals surface area contributed by atoms with Crippen molar-refractivity contribution in [2.75, 3.05) is 0 Å². The summed E-state index contributed by atoms with van der Waals surface area (Å²) in [5.74, 6) is 9.64. The molecule has 0 heterocycles. The summed E-state index contributed by atoms with van der Waals surface area (Å²) < 4.78 is 0. The summed E-state index contributed by atoms with van der Waals surface area (Å²) in [6, 6.07) is 0.585. The van der Waals surface area contributed by atoms with Crippen LogP contribution in [0.25, 0.3) is 0 Å². The molecule has 2 nitrogen and oxygen atoms in total. The van der Waals surface area contributed by atoms with Gasteiger partial charge in [-0.3, -0.25) is 11.3 Å². The Bertz CT molecular complexity index is 241. The highest BCUT2D eigenvalue weighted by molar-refractivity contribution is 4.95. The summed E-state index contributed by atoms with van der Waals surface area (Å²) >= 11 is 0. The van der Waals surface area contributed by atoms with E-state index in [4.69, 9.17) is 5.84 Å². The van der Waals surface area contributed by atoms with Gasteiger partial charge >= 0.3 is 0 Å². The second-order valence-electron chi connectivity index (χ2n) is 6.76. The summed E-state index contributed by atoms with van der Waals surface area (Å²) in [5, 5.41) is 0. The fraction of sp³-hybridized carbons (Fsp3) is 1.00. The largest absolute Gasteiger partial charge is 0.271 e. The first-order chi connectivity index (χ1) is 8.78. The standard InChI is InChI=1S/C16H32N2/c1-3-5-6-12(4-2)11-16(18-17)15-10-13-7-8-14(15)9-13/h12-16,18H,3-11,17H2,1-2H3. The molecule has 3 N–H and O–H groups in total. The van der Waals surface area contributed by atoms with E-state index in [1.807, 2.05) is 0 Å². The van der Waals surface area contributed by atoms with Crippen LogP contribution in [0.1, 0.15) is 71.6 Å². The van der Waals surface area contributed by atoms with Crippen molar-refractivity contribution in [1.82, 2.24) is 5.43 Å². The average Bonchev–Trinajstić information content (AvgIpc) is 3.01. The van der Waals surface area contributed by atoms with Gasteiger partial charge in [0.05, 0.1) is 0 Å². The average molecular weight is 252 g/mol. The fourth-order valence-corrected chi connectivity index (χ4v) is 4.49. The number of nitrogens with one attached hydrogen (secondary N) is 1. The van der Waals surface area contributed by atoms with Crippen molar-refractivity contribution in [3.8, 4) is 0 Å². The van der Waals surface area contributed by atoms with Crippen molar-refractivity contribution in [2.45, 2.75) is 77.7 Å². The molecule has 2 bridgehead atoms. The number of rotatable bonds is 8. The molecule has 106 valence electrons. The lowest BCUT2D eigenvalue weighted by molar-refractivity contribution is 0.211. The van der Waals surface area contributed by atoms with E-state index in [1.54, 1.807) is 0 Å². The van der Waals surface area contributed by atoms with Crippen LogP contribution < -0.4 is 11.3 Å². The van der Waals surface area contributed by atoms with Crippen LogP contribution in [0.3, 0.4) is 0 Å². The molecule has 5 atom stereocenters. The topological polar surface area (TPSA) is 38.0 Å². The van der Waals surface area contributed by atoms with Gasteiger partial charge in [0.15, 0.2) is 0 Å². The first kappa shape index (κ1) is 14.3. The lowest BCUT2D eigenvalue weighted by Gasteiger charge is -2.32. The molecule has 0 aromatic carbocycles. The Morgan fingerprint density at radius 3 is 2.56 bits per heavy atom. The molecule has 2 fully saturated rings. The van der Waals surface area contributed by atoms with Gasteiger partial charge in [0.2, 0.25) is 0 Å². The van der Waals surface area contributed by atoms with Crippen molar-refractivity contribution in [1.29, 1.82) is 0 Å². The van der Waals surface area contributed by atoms with Crippen LogP contribution in [0.15, 0.2) is 0 Å². The Morgan fingerprint density at radius 1 is 1.22 bits per heavy atom. The van der Waals surface area contributed by atoms with Crippen LogP contribution in [-0.2, 0) is 0 Å². The lowest BCUT2D eigenvalue weighted by atomic mass is 9.79. The number of hydrazine groups is 1. The third-order valence-corrected chi connectivity index (χ3v) is 5.65. The molecule has 0 spiro atoms. The molecule has 2 aliphatic carbocycles. The monoisotopic (exact) mass is 252 g/mol. The van der Waals surface area contributed by atoms with E-state index in [9.17, 15) is 0 Å². The van der Waals surface area contributed by atoms with Gasteiger partial charge in [0.25, 0.3) is 0 Å². The van der Waals surface area contributed by atoms with Crippen molar-refractivity contribution in [3.05, 3.63) is 0 Å². The molecule has 0 aromatic heterocycles. The van der Waals surface area contributed by atoms with Crippen LogP contribution in [0, 0.1) is 23.7 Å². The maximum Gasteiger partial charge on any atom is 0.0244 e. The SMILES string of the molecule is CCCCC(CC)CC(NN)C1CC2CCC1C2. The smallest absolute Gasteiger partial charge is 0.0244 e. The maximum absolute atomic E-state index is 5.87. The van der Waals surface area contributed by atoms with Crippen LogP contribution >= 0.6 is 0 Å². The van der Waals surface area contributed by atoms with E-state index >= 15 is 0 Å². The van der Waals surface area contributed by atoms with Gasteiger partial charge in [0.1, 0.15) is 0 Å². The molecule has 0 amide bonds. The summed E-state index contributed by atoms with van der Waals surface area (Å²) in [6.45, 7) is 4.63. The summed E-state index contributed by atoms with van der Waals surface area (Å²) in [5.41, 5.74) is 3.17. The van der Waals surface area contributed by atoms with E-state index in [0.29, 0.717) is 6.04 Å². The van der Waals surface area contributed by atoms with Crippen molar-refractivity contribution < 1.29 is 0 Å². The first-order valence-electron chi connectivity index (χ1n) is 8.24. The highest BCUT2D eigenvalue weighted by atomic mass is 15.2. The predicted octanol–water partition coefficient (Wildman–Crippen LogP) is 3.86. The molecule has 0 aromatic rings. The van der Waals surface area contributed by atoms with E-state index in [-0.39, 0.29) is 0 Å². The minimum Gasteiger partial charge on any atom is -0.271 e. The highest BCUT2D eigenvalue weighted by Gasteiger charge is 2.42. The van der Waals surface area contributed by atoms with Gasteiger partial charge in [-0.05, 0) is 49.4 Å². The third-order valence-electron chi connectivity index (χ3n) is 5.65. The van der Waals surface area contributed by atoms with Gasteiger partial charge in [-0.2, -0.15) is 0 Å². The number of hydrogen-bond donors (Lipinski definition) is 2. The number of nitrogens with two attached hydrogens (primary N) is 1. The maximum atomic E-state index is 5.87. The van der Waals surface area contributed by atoms with Crippen LogP contribution in [-0.4, -0.2) is 6.04 Å². The van der Waals surface area contributed by atoms with E-state index < -0.39 is 0 Å². The lowest BCUT2D eigenvalue weighted by Crippen LogP contribution is -2.44. The molecule has 0 radical (unpaired) electrons. The Balaban J connectivity index is 1.84. The molecule has 2 heteroatoms. The van der Waals surface area contributed by atoms with Crippen LogP contribution in [0.5, 0.6) is 0 Å². The Morgan fingerprint density at radius 2 is 2.06 bits per heavy atom. The zero-order valence-electron chi connectivity index (χ0n) is 12.3. The van der Waals surface area contributed by atoms with Crippen LogP contribution in [0.4, 0.5) is 0 Å². The fourth-order valence-electron chi connectivity index (χ4n) is 4.49. The predicted molar refractivity (Wildman–Crippen MR) is 78.0 cm³/mol. The highest BCUT2D eigenvalue weighted by Crippen LogP contribution is 2.50. The molecular weight excluding hydrogens is 220 g/mol. The Hall–Kier alpha value is -0.0800. The van der Waals surface area contributed by atoms with Crippen LogP contribution in [0.2, 0.25) is 0 Å². The van der Waals surface area contributed by atoms with Crippen molar-refractivity contribution in [3.63, 3.8) is 0 Å². The third kappa shape index (κ3) is 3.27. The molecule has 0 aliphatic heterocycles. The van der Waals surface area contributed by atoms with Gasteiger partial charge in [-0.25, -0.2) is 0 Å². The number of hydrogen-bond acceptors (Lipinski definition) is 2. The molecule has 0 saturated heterocycles.